The molecule has 1 aromatic heterocycles. The van der Waals surface area contributed by atoms with E-state index in [1.165, 1.54) is 0 Å². The number of carbonyl (C=O) groups is 1. The lowest BCUT2D eigenvalue weighted by Gasteiger charge is -2.37. The smallest absolute Gasteiger partial charge is 0.224 e. The van der Waals surface area contributed by atoms with Crippen molar-refractivity contribution in [2.24, 2.45) is 11.8 Å². The van der Waals surface area contributed by atoms with E-state index < -0.39 is 0 Å². The van der Waals surface area contributed by atoms with Crippen LogP contribution in [-0.4, -0.2) is 85.1 Å². The van der Waals surface area contributed by atoms with Gasteiger partial charge in [-0.15, -0.1) is 0 Å². The number of hydrogen-bond acceptors (Lipinski definition) is 7. The fourth-order valence-electron chi connectivity index (χ4n) is 4.68. The van der Waals surface area contributed by atoms with Gasteiger partial charge >= 0.3 is 0 Å². The number of likely N-dealkylation sites (N-methyl/N-ethyl adjacent to an activating group) is 1. The Bertz CT molecular complexity index is 964. The number of anilines is 1. The first-order valence-corrected chi connectivity index (χ1v) is 11.1. The number of nitrogens with one attached hydrogen (secondary N) is 1. The van der Waals surface area contributed by atoms with Crippen LogP contribution in [0.2, 0.25) is 0 Å². The van der Waals surface area contributed by atoms with E-state index in [9.17, 15) is 10.1 Å². The Balaban J connectivity index is 1.41. The zero-order valence-corrected chi connectivity index (χ0v) is 18.4. The molecule has 2 atom stereocenters. The molecule has 8 heteroatoms. The minimum atomic E-state index is -0.0568. The van der Waals surface area contributed by atoms with Crippen molar-refractivity contribution < 1.29 is 4.79 Å². The highest BCUT2D eigenvalue weighted by atomic mass is 16.1. The molecule has 0 saturated carbocycles. The van der Waals surface area contributed by atoms with E-state index in [2.05, 4.69) is 50.0 Å². The van der Waals surface area contributed by atoms with Crippen LogP contribution in [0.1, 0.15) is 18.9 Å². The molecule has 2 fully saturated rings. The standard InChI is InChI=1S/C23H31N7O/c1-17-13-19(23(31)27-7-8-29-11-9-28(2)10-12-29)16-30(15-17)20-4-3-18(14-24)21-22(20)26-6-5-25-21/h3-6,17,19H,7-13,15-16H2,1-2H3,(H,27,31)/t17-,19-/m0/s1. The molecular weight excluding hydrogens is 390 g/mol. The number of nitrogens with zero attached hydrogens (tertiary/aromatic N) is 6. The van der Waals surface area contributed by atoms with Crippen LogP contribution in [0.4, 0.5) is 5.69 Å². The van der Waals surface area contributed by atoms with Crippen LogP contribution in [0.5, 0.6) is 0 Å². The SMILES string of the molecule is C[C@H]1C[C@H](C(=O)NCCN2CCN(C)CC2)CN(c2ccc(C#N)c3nccnc23)C1. The van der Waals surface area contributed by atoms with Crippen molar-refractivity contribution in [2.45, 2.75) is 13.3 Å². The fraction of sp³-hybridized carbons (Fsp3) is 0.565. The Morgan fingerprint density at radius 3 is 2.65 bits per heavy atom. The summed E-state index contributed by atoms with van der Waals surface area (Å²) in [5, 5.41) is 12.6. The van der Waals surface area contributed by atoms with Crippen molar-refractivity contribution in [1.29, 1.82) is 5.26 Å². The van der Waals surface area contributed by atoms with Crippen molar-refractivity contribution in [3.05, 3.63) is 30.1 Å². The van der Waals surface area contributed by atoms with Crippen LogP contribution >= 0.6 is 0 Å². The molecule has 2 aliphatic rings. The van der Waals surface area contributed by atoms with E-state index in [-0.39, 0.29) is 11.8 Å². The van der Waals surface area contributed by atoms with Gasteiger partial charge in [0.1, 0.15) is 17.1 Å². The predicted molar refractivity (Wildman–Crippen MR) is 121 cm³/mol. The summed E-state index contributed by atoms with van der Waals surface area (Å²) < 4.78 is 0. The molecule has 164 valence electrons. The zero-order chi connectivity index (χ0) is 21.8. The maximum atomic E-state index is 12.9. The Morgan fingerprint density at radius 1 is 1.16 bits per heavy atom. The summed E-state index contributed by atoms with van der Waals surface area (Å²) in [4.78, 5) is 28.8. The second kappa shape index (κ2) is 9.58. The van der Waals surface area contributed by atoms with Gasteiger partial charge in [-0.1, -0.05) is 6.92 Å². The lowest BCUT2D eigenvalue weighted by Crippen LogP contribution is -2.49. The van der Waals surface area contributed by atoms with Crippen LogP contribution in [0.3, 0.4) is 0 Å². The normalized spacial score (nSPS) is 22.9. The van der Waals surface area contributed by atoms with Crippen molar-refractivity contribution in [1.82, 2.24) is 25.1 Å². The van der Waals surface area contributed by atoms with Gasteiger partial charge in [0, 0.05) is 64.8 Å². The van der Waals surface area contributed by atoms with Crippen LogP contribution in [-0.2, 0) is 4.79 Å². The zero-order valence-electron chi connectivity index (χ0n) is 18.4. The summed E-state index contributed by atoms with van der Waals surface area (Å²) in [6.45, 7) is 9.61. The molecule has 31 heavy (non-hydrogen) atoms. The molecule has 1 aromatic carbocycles. The predicted octanol–water partition coefficient (Wildman–Crippen LogP) is 1.33. The highest BCUT2D eigenvalue weighted by Crippen LogP contribution is 2.31. The minimum absolute atomic E-state index is 0.0568. The number of benzene rings is 1. The van der Waals surface area contributed by atoms with Crippen molar-refractivity contribution in [3.63, 3.8) is 0 Å². The largest absolute Gasteiger partial charge is 0.369 e. The maximum Gasteiger partial charge on any atom is 0.224 e. The van der Waals surface area contributed by atoms with Gasteiger partial charge in [0.05, 0.1) is 17.2 Å². The molecule has 3 heterocycles. The van der Waals surface area contributed by atoms with Gasteiger partial charge < -0.3 is 15.1 Å². The van der Waals surface area contributed by atoms with Crippen LogP contribution < -0.4 is 10.2 Å². The number of aromatic nitrogens is 2. The van der Waals surface area contributed by atoms with E-state index in [4.69, 9.17) is 0 Å². The molecule has 2 aliphatic heterocycles. The fourth-order valence-corrected chi connectivity index (χ4v) is 4.68. The summed E-state index contributed by atoms with van der Waals surface area (Å²) in [7, 11) is 2.15. The highest BCUT2D eigenvalue weighted by molar-refractivity contribution is 5.92. The van der Waals surface area contributed by atoms with Gasteiger partial charge in [-0.25, -0.2) is 0 Å². The van der Waals surface area contributed by atoms with E-state index in [1.54, 1.807) is 18.5 Å². The summed E-state index contributed by atoms with van der Waals surface area (Å²) >= 11 is 0. The van der Waals surface area contributed by atoms with Gasteiger partial charge in [-0.05, 0) is 31.5 Å². The minimum Gasteiger partial charge on any atom is -0.369 e. The van der Waals surface area contributed by atoms with Crippen molar-refractivity contribution in [3.8, 4) is 6.07 Å². The number of amides is 1. The van der Waals surface area contributed by atoms with Crippen LogP contribution in [0, 0.1) is 23.2 Å². The first-order chi connectivity index (χ1) is 15.0. The van der Waals surface area contributed by atoms with Crippen LogP contribution in [0.15, 0.2) is 24.5 Å². The van der Waals surface area contributed by atoms with Gasteiger partial charge in [-0.2, -0.15) is 5.26 Å². The monoisotopic (exact) mass is 421 g/mol. The Hall–Kier alpha value is -2.76. The molecule has 0 aliphatic carbocycles. The van der Waals surface area contributed by atoms with Gasteiger partial charge in [-0.3, -0.25) is 19.7 Å². The van der Waals surface area contributed by atoms with Gasteiger partial charge in [0.25, 0.3) is 0 Å². The topological polar surface area (TPSA) is 88.4 Å². The lowest BCUT2D eigenvalue weighted by molar-refractivity contribution is -0.125. The summed E-state index contributed by atoms with van der Waals surface area (Å²) in [6, 6.07) is 5.94. The number of piperazine rings is 1. The molecule has 4 rings (SSSR count). The van der Waals surface area contributed by atoms with E-state index >= 15 is 0 Å². The third-order valence-corrected chi connectivity index (χ3v) is 6.42. The average Bonchev–Trinajstić information content (AvgIpc) is 2.79. The second-order valence-corrected chi connectivity index (χ2v) is 8.88. The number of carbonyl (C=O) groups excluding carboxylic acids is 1. The number of fused-ring (bicyclic) bond motifs is 1. The number of rotatable bonds is 5. The molecule has 0 spiro atoms. The first-order valence-electron chi connectivity index (χ1n) is 11.1. The molecule has 8 nitrogen and oxygen atoms in total. The quantitative estimate of drug-likeness (QED) is 0.779. The van der Waals surface area contributed by atoms with Gasteiger partial charge in [0.15, 0.2) is 0 Å². The van der Waals surface area contributed by atoms with Crippen LogP contribution in [0.25, 0.3) is 11.0 Å². The number of nitriles is 1. The highest BCUT2D eigenvalue weighted by Gasteiger charge is 2.31. The number of piperidine rings is 1. The molecule has 2 saturated heterocycles. The summed E-state index contributed by atoms with van der Waals surface area (Å²) in [5.74, 6) is 0.470. The first kappa shape index (κ1) is 21.5. The molecule has 1 N–H and O–H groups in total. The lowest BCUT2D eigenvalue weighted by atomic mass is 9.89. The second-order valence-electron chi connectivity index (χ2n) is 8.88. The Labute approximate surface area is 183 Å². The third-order valence-electron chi connectivity index (χ3n) is 6.42. The van der Waals surface area contributed by atoms with Crippen molar-refractivity contribution in [2.75, 3.05) is 64.3 Å². The molecule has 0 unspecified atom stereocenters. The Kier molecular flexibility index (Phi) is 6.64. The molecule has 1 amide bonds. The molecule has 0 bridgehead atoms. The molecule has 2 aromatic rings. The van der Waals surface area contributed by atoms with Crippen molar-refractivity contribution >= 4 is 22.6 Å². The van der Waals surface area contributed by atoms with E-state index in [0.717, 1.165) is 56.9 Å². The maximum absolute atomic E-state index is 12.9. The molecule has 0 radical (unpaired) electrons. The summed E-state index contributed by atoms with van der Waals surface area (Å²) in [5.41, 5.74) is 2.82. The van der Waals surface area contributed by atoms with Gasteiger partial charge in [0.2, 0.25) is 5.91 Å². The summed E-state index contributed by atoms with van der Waals surface area (Å²) in [6.07, 6.45) is 4.15. The molecular formula is C23H31N7O. The number of hydrogen-bond donors (Lipinski definition) is 1. The van der Waals surface area contributed by atoms with E-state index in [1.807, 2.05) is 6.07 Å². The van der Waals surface area contributed by atoms with E-state index in [0.29, 0.717) is 30.1 Å². The Morgan fingerprint density at radius 2 is 1.90 bits per heavy atom. The third kappa shape index (κ3) is 4.94. The average molecular weight is 422 g/mol.